The van der Waals surface area contributed by atoms with Crippen molar-refractivity contribution in [3.8, 4) is 0 Å². The number of nitrogen functional groups attached to an aromatic ring is 1. The van der Waals surface area contributed by atoms with Crippen molar-refractivity contribution in [3.63, 3.8) is 0 Å². The Morgan fingerprint density at radius 1 is 1.30 bits per heavy atom. The van der Waals surface area contributed by atoms with E-state index < -0.39 is 10.2 Å². The molecule has 20 heavy (non-hydrogen) atoms. The monoisotopic (exact) mass is 298 g/mol. The van der Waals surface area contributed by atoms with Crippen LogP contribution in [-0.2, 0) is 21.5 Å². The summed E-state index contributed by atoms with van der Waals surface area (Å²) in [5, 5.41) is 7.29. The molecular formula is C12H18N4O3S. The van der Waals surface area contributed by atoms with Crippen molar-refractivity contribution in [2.24, 2.45) is 5.73 Å². The van der Waals surface area contributed by atoms with Gasteiger partial charge in [0, 0.05) is 25.2 Å². The number of benzene rings is 1. The van der Waals surface area contributed by atoms with Crippen molar-refractivity contribution in [3.05, 3.63) is 35.4 Å². The lowest BCUT2D eigenvalue weighted by Crippen LogP contribution is -2.46. The zero-order chi connectivity index (χ0) is 14.6. The molecule has 1 saturated heterocycles. The average molecular weight is 298 g/mol. The number of hydrogen-bond acceptors (Lipinski definition) is 4. The van der Waals surface area contributed by atoms with Crippen LogP contribution in [0.15, 0.2) is 24.3 Å². The number of nitrogens with zero attached hydrogens (tertiary/aromatic N) is 1. The molecule has 1 aliphatic rings. The number of ether oxygens (including phenoxy) is 1. The SMILES string of the molecule is N=C(N)c1ccc(CNS(=O)(=O)N2CCOCC2)cc1. The Morgan fingerprint density at radius 3 is 2.45 bits per heavy atom. The Morgan fingerprint density at radius 2 is 1.90 bits per heavy atom. The van der Waals surface area contributed by atoms with E-state index in [1.807, 2.05) is 0 Å². The molecule has 1 fully saturated rings. The predicted octanol–water partition coefficient (Wildman–Crippen LogP) is -0.363. The number of amidine groups is 1. The standard InChI is InChI=1S/C12H18N4O3S/c13-12(14)11-3-1-10(2-4-11)9-15-20(17,18)16-5-7-19-8-6-16/h1-4,15H,5-9H2,(H3,13,14). The minimum atomic E-state index is -3.47. The van der Waals surface area contributed by atoms with Gasteiger partial charge in [0.1, 0.15) is 5.84 Å². The van der Waals surface area contributed by atoms with Crippen molar-refractivity contribution in [2.45, 2.75) is 6.54 Å². The molecule has 0 radical (unpaired) electrons. The fourth-order valence-electron chi connectivity index (χ4n) is 1.85. The highest BCUT2D eigenvalue weighted by Crippen LogP contribution is 2.07. The number of morpholine rings is 1. The highest BCUT2D eigenvalue weighted by atomic mass is 32.2. The summed E-state index contributed by atoms with van der Waals surface area (Å²) in [6.07, 6.45) is 0. The molecule has 0 bridgehead atoms. The van der Waals surface area contributed by atoms with Gasteiger partial charge in [0.15, 0.2) is 0 Å². The molecule has 0 aliphatic carbocycles. The summed E-state index contributed by atoms with van der Waals surface area (Å²) in [6.45, 7) is 1.80. The maximum Gasteiger partial charge on any atom is 0.279 e. The highest BCUT2D eigenvalue weighted by Gasteiger charge is 2.23. The van der Waals surface area contributed by atoms with E-state index in [1.54, 1.807) is 24.3 Å². The number of rotatable bonds is 5. The number of hydrogen-bond donors (Lipinski definition) is 3. The molecule has 110 valence electrons. The van der Waals surface area contributed by atoms with Crippen LogP contribution in [-0.4, -0.2) is 44.9 Å². The number of nitrogens with two attached hydrogens (primary N) is 1. The second-order valence-electron chi connectivity index (χ2n) is 4.45. The summed E-state index contributed by atoms with van der Waals surface area (Å²) in [4.78, 5) is 0. The van der Waals surface area contributed by atoms with Gasteiger partial charge < -0.3 is 10.5 Å². The van der Waals surface area contributed by atoms with E-state index in [9.17, 15) is 8.42 Å². The van der Waals surface area contributed by atoms with Gasteiger partial charge in [-0.1, -0.05) is 24.3 Å². The van der Waals surface area contributed by atoms with Gasteiger partial charge in [-0.25, -0.2) is 0 Å². The first-order valence-electron chi connectivity index (χ1n) is 6.25. The third kappa shape index (κ3) is 3.76. The minimum absolute atomic E-state index is 0.00884. The zero-order valence-corrected chi connectivity index (χ0v) is 11.8. The fraction of sp³-hybridized carbons (Fsp3) is 0.417. The van der Waals surface area contributed by atoms with E-state index in [-0.39, 0.29) is 12.4 Å². The molecule has 7 nitrogen and oxygen atoms in total. The van der Waals surface area contributed by atoms with E-state index in [2.05, 4.69) is 4.72 Å². The van der Waals surface area contributed by atoms with Crippen LogP contribution in [0.3, 0.4) is 0 Å². The van der Waals surface area contributed by atoms with Crippen LogP contribution in [0.1, 0.15) is 11.1 Å². The third-order valence-corrected chi connectivity index (χ3v) is 4.59. The summed E-state index contributed by atoms with van der Waals surface area (Å²) >= 11 is 0. The van der Waals surface area contributed by atoms with Gasteiger partial charge in [-0.15, -0.1) is 0 Å². The maximum absolute atomic E-state index is 12.0. The molecule has 0 aromatic heterocycles. The Bertz CT molecular complexity index is 565. The van der Waals surface area contributed by atoms with E-state index >= 15 is 0 Å². The van der Waals surface area contributed by atoms with Gasteiger partial charge in [-0.3, -0.25) is 5.41 Å². The van der Waals surface area contributed by atoms with Gasteiger partial charge in [-0.05, 0) is 5.56 Å². The molecule has 0 spiro atoms. The second kappa shape index (κ2) is 6.31. The van der Waals surface area contributed by atoms with E-state index in [0.717, 1.165) is 5.56 Å². The Labute approximate surface area is 118 Å². The lowest BCUT2D eigenvalue weighted by molar-refractivity contribution is 0.0725. The number of nitrogens with one attached hydrogen (secondary N) is 2. The highest BCUT2D eigenvalue weighted by molar-refractivity contribution is 7.87. The maximum atomic E-state index is 12.0. The first-order chi connectivity index (χ1) is 9.49. The quantitative estimate of drug-likeness (QED) is 0.509. The van der Waals surface area contributed by atoms with Crippen LogP contribution >= 0.6 is 0 Å². The smallest absolute Gasteiger partial charge is 0.279 e. The van der Waals surface area contributed by atoms with Crippen molar-refractivity contribution in [2.75, 3.05) is 26.3 Å². The molecule has 1 aliphatic heterocycles. The first kappa shape index (κ1) is 14.9. The molecule has 0 saturated carbocycles. The fourth-order valence-corrected chi connectivity index (χ4v) is 3.02. The molecule has 0 amide bonds. The molecule has 8 heteroatoms. The summed E-state index contributed by atoms with van der Waals surface area (Å²) in [5.41, 5.74) is 6.79. The topological polar surface area (TPSA) is 109 Å². The first-order valence-corrected chi connectivity index (χ1v) is 7.69. The van der Waals surface area contributed by atoms with Crippen molar-refractivity contribution < 1.29 is 13.2 Å². The molecule has 0 unspecified atom stereocenters. The molecular weight excluding hydrogens is 280 g/mol. The second-order valence-corrected chi connectivity index (χ2v) is 6.20. The molecule has 1 aromatic carbocycles. The van der Waals surface area contributed by atoms with E-state index in [4.69, 9.17) is 15.9 Å². The van der Waals surface area contributed by atoms with Gasteiger partial charge in [-0.2, -0.15) is 17.4 Å². The van der Waals surface area contributed by atoms with E-state index in [0.29, 0.717) is 31.9 Å². The minimum Gasteiger partial charge on any atom is -0.384 e. The summed E-state index contributed by atoms with van der Waals surface area (Å²) in [6, 6.07) is 6.89. The molecule has 2 rings (SSSR count). The summed E-state index contributed by atoms with van der Waals surface area (Å²) in [7, 11) is -3.47. The van der Waals surface area contributed by atoms with Gasteiger partial charge in [0.05, 0.1) is 13.2 Å². The van der Waals surface area contributed by atoms with Gasteiger partial charge in [0.2, 0.25) is 0 Å². The van der Waals surface area contributed by atoms with Crippen LogP contribution < -0.4 is 10.5 Å². The lowest BCUT2D eigenvalue weighted by atomic mass is 10.1. The van der Waals surface area contributed by atoms with Crippen molar-refractivity contribution in [1.29, 1.82) is 5.41 Å². The Kier molecular flexibility index (Phi) is 4.71. The van der Waals surface area contributed by atoms with Crippen molar-refractivity contribution >= 4 is 16.0 Å². The van der Waals surface area contributed by atoms with Crippen LogP contribution in [0.5, 0.6) is 0 Å². The summed E-state index contributed by atoms with van der Waals surface area (Å²) < 4.78 is 33.1. The average Bonchev–Trinajstić information content (AvgIpc) is 2.46. The van der Waals surface area contributed by atoms with Crippen molar-refractivity contribution in [1.82, 2.24) is 9.03 Å². The van der Waals surface area contributed by atoms with Gasteiger partial charge >= 0.3 is 0 Å². The van der Waals surface area contributed by atoms with E-state index in [1.165, 1.54) is 4.31 Å². The van der Waals surface area contributed by atoms with Crippen LogP contribution in [0.4, 0.5) is 0 Å². The molecule has 1 heterocycles. The normalized spacial score (nSPS) is 17.0. The lowest BCUT2D eigenvalue weighted by Gasteiger charge is -2.26. The van der Waals surface area contributed by atoms with Gasteiger partial charge in [0.25, 0.3) is 10.2 Å². The summed E-state index contributed by atoms with van der Waals surface area (Å²) in [5.74, 6) is -0.00884. The zero-order valence-electron chi connectivity index (χ0n) is 11.0. The predicted molar refractivity (Wildman–Crippen MR) is 75.6 cm³/mol. The third-order valence-electron chi connectivity index (χ3n) is 3.03. The molecule has 1 aromatic rings. The Hall–Kier alpha value is -1.48. The largest absolute Gasteiger partial charge is 0.384 e. The van der Waals surface area contributed by atoms with Crippen LogP contribution in [0.2, 0.25) is 0 Å². The van der Waals surface area contributed by atoms with Crippen LogP contribution in [0, 0.1) is 5.41 Å². The Balaban J connectivity index is 1.95. The molecule has 4 N–H and O–H groups in total. The molecule has 0 atom stereocenters. The van der Waals surface area contributed by atoms with Crippen LogP contribution in [0.25, 0.3) is 0 Å².